The Bertz CT molecular complexity index is 535. The molecule has 1 aromatic rings. The van der Waals surface area contributed by atoms with Gasteiger partial charge in [0, 0.05) is 12.6 Å². The quantitative estimate of drug-likeness (QED) is 0.733. The van der Waals surface area contributed by atoms with E-state index in [1.165, 1.54) is 6.20 Å². The van der Waals surface area contributed by atoms with Crippen molar-refractivity contribution in [3.63, 3.8) is 0 Å². The highest BCUT2D eigenvalue weighted by Gasteiger charge is 2.30. The molecule has 1 aromatic heterocycles. The number of rotatable bonds is 1. The summed E-state index contributed by atoms with van der Waals surface area (Å²) >= 11 is 11.7. The van der Waals surface area contributed by atoms with Gasteiger partial charge in [0.1, 0.15) is 5.02 Å². The van der Waals surface area contributed by atoms with Crippen LogP contribution in [0.25, 0.3) is 0 Å². The molecule has 1 aliphatic heterocycles. The number of anilines is 1. The van der Waals surface area contributed by atoms with Crippen molar-refractivity contribution in [3.8, 4) is 0 Å². The van der Waals surface area contributed by atoms with Crippen LogP contribution in [0.5, 0.6) is 0 Å². The maximum Gasteiger partial charge on any atom is 0.224 e. The summed E-state index contributed by atoms with van der Waals surface area (Å²) in [5.41, 5.74) is 0. The number of halogens is 2. The first-order valence-electron chi connectivity index (χ1n) is 5.04. The summed E-state index contributed by atoms with van der Waals surface area (Å²) in [6, 6.07) is -0.169. The lowest BCUT2D eigenvalue weighted by molar-refractivity contribution is 0.566. The van der Waals surface area contributed by atoms with Crippen molar-refractivity contribution in [2.45, 2.75) is 13.0 Å². The molecule has 0 aromatic carbocycles. The lowest BCUT2D eigenvalue weighted by Gasteiger charge is -2.34. The molecule has 5 nitrogen and oxygen atoms in total. The first-order valence-corrected chi connectivity index (χ1v) is 7.62. The van der Waals surface area contributed by atoms with Gasteiger partial charge in [-0.3, -0.25) is 0 Å². The van der Waals surface area contributed by atoms with Crippen LogP contribution in [0.4, 0.5) is 5.82 Å². The van der Waals surface area contributed by atoms with Gasteiger partial charge in [-0.05, 0) is 18.5 Å². The zero-order valence-electron chi connectivity index (χ0n) is 9.10. The Morgan fingerprint density at radius 1 is 1.47 bits per heavy atom. The lowest BCUT2D eigenvalue weighted by Crippen LogP contribution is -2.47. The maximum absolute atomic E-state index is 11.5. The second-order valence-corrected chi connectivity index (χ2v) is 6.94. The molecule has 17 heavy (non-hydrogen) atoms. The molecule has 94 valence electrons. The molecule has 1 saturated heterocycles. The van der Waals surface area contributed by atoms with E-state index in [2.05, 4.69) is 9.97 Å². The molecule has 1 aliphatic rings. The minimum Gasteiger partial charge on any atom is -0.350 e. The van der Waals surface area contributed by atoms with Gasteiger partial charge in [-0.2, -0.15) is 4.98 Å². The van der Waals surface area contributed by atoms with Crippen LogP contribution < -0.4 is 4.90 Å². The van der Waals surface area contributed by atoms with Gasteiger partial charge >= 0.3 is 0 Å². The maximum atomic E-state index is 11.5. The highest BCUT2D eigenvalue weighted by atomic mass is 35.5. The molecule has 1 unspecified atom stereocenters. The SMILES string of the molecule is CC1CS(=O)(=O)CCN1c1nc(Cl)ncc1Cl. The third-order valence-corrected chi connectivity index (χ3v) is 4.88. The fraction of sp³-hybridized carbons (Fsp3) is 0.556. The fourth-order valence-electron chi connectivity index (χ4n) is 1.85. The molecule has 0 spiro atoms. The largest absolute Gasteiger partial charge is 0.350 e. The van der Waals surface area contributed by atoms with E-state index < -0.39 is 9.84 Å². The molecule has 0 amide bonds. The van der Waals surface area contributed by atoms with Crippen LogP contribution in [-0.2, 0) is 9.84 Å². The van der Waals surface area contributed by atoms with Crippen LogP contribution in [0.3, 0.4) is 0 Å². The van der Waals surface area contributed by atoms with E-state index in [9.17, 15) is 8.42 Å². The van der Waals surface area contributed by atoms with Crippen LogP contribution >= 0.6 is 23.2 Å². The minimum atomic E-state index is -2.96. The summed E-state index contributed by atoms with van der Waals surface area (Å²) in [5.74, 6) is 0.703. The van der Waals surface area contributed by atoms with Crippen LogP contribution in [0, 0.1) is 0 Å². The van der Waals surface area contributed by atoms with E-state index in [0.29, 0.717) is 17.4 Å². The van der Waals surface area contributed by atoms with Crippen molar-refractivity contribution in [3.05, 3.63) is 16.5 Å². The van der Waals surface area contributed by atoms with Gasteiger partial charge in [0.15, 0.2) is 15.7 Å². The summed E-state index contributed by atoms with van der Waals surface area (Å²) < 4.78 is 22.9. The molecule has 0 N–H and O–H groups in total. The summed E-state index contributed by atoms with van der Waals surface area (Å²) in [4.78, 5) is 9.66. The monoisotopic (exact) mass is 295 g/mol. The zero-order valence-corrected chi connectivity index (χ0v) is 11.4. The normalized spacial score (nSPS) is 23.7. The van der Waals surface area contributed by atoms with E-state index >= 15 is 0 Å². The van der Waals surface area contributed by atoms with E-state index in [1.54, 1.807) is 0 Å². The average molecular weight is 296 g/mol. The molecule has 0 radical (unpaired) electrons. The highest BCUT2D eigenvalue weighted by molar-refractivity contribution is 7.91. The summed E-state index contributed by atoms with van der Waals surface area (Å²) in [5, 5.41) is 0.477. The van der Waals surface area contributed by atoms with E-state index in [-0.39, 0.29) is 22.8 Å². The minimum absolute atomic E-state index is 0.102. The van der Waals surface area contributed by atoms with Gasteiger partial charge < -0.3 is 4.90 Å². The number of nitrogens with zero attached hydrogens (tertiary/aromatic N) is 3. The third kappa shape index (κ3) is 2.81. The van der Waals surface area contributed by atoms with Crippen molar-refractivity contribution in [1.29, 1.82) is 0 Å². The summed E-state index contributed by atoms with van der Waals surface area (Å²) in [6.45, 7) is 2.19. The average Bonchev–Trinajstić information content (AvgIpc) is 2.21. The lowest BCUT2D eigenvalue weighted by atomic mass is 10.3. The first-order chi connectivity index (χ1) is 7.89. The second kappa shape index (κ2) is 4.59. The predicted octanol–water partition coefficient (Wildman–Crippen LogP) is 1.41. The van der Waals surface area contributed by atoms with Crippen molar-refractivity contribution in [1.82, 2.24) is 9.97 Å². The Morgan fingerprint density at radius 3 is 2.82 bits per heavy atom. The molecule has 2 heterocycles. The number of sulfone groups is 1. The van der Waals surface area contributed by atoms with Gasteiger partial charge in [-0.25, -0.2) is 13.4 Å². The molecule has 8 heteroatoms. The highest BCUT2D eigenvalue weighted by Crippen LogP contribution is 2.27. The Balaban J connectivity index is 2.32. The van der Waals surface area contributed by atoms with E-state index in [4.69, 9.17) is 23.2 Å². The fourth-order valence-corrected chi connectivity index (χ4v) is 3.74. The smallest absolute Gasteiger partial charge is 0.224 e. The molecular weight excluding hydrogens is 285 g/mol. The Labute approximate surface area is 110 Å². The molecular formula is C9H11Cl2N3O2S. The number of hydrogen-bond acceptors (Lipinski definition) is 5. The molecule has 0 aliphatic carbocycles. The third-order valence-electron chi connectivity index (χ3n) is 2.64. The molecule has 0 bridgehead atoms. The van der Waals surface area contributed by atoms with Gasteiger partial charge in [0.05, 0.1) is 17.7 Å². The summed E-state index contributed by atoms with van der Waals surface area (Å²) in [7, 11) is -2.96. The summed E-state index contributed by atoms with van der Waals surface area (Å²) in [6.07, 6.45) is 1.42. The van der Waals surface area contributed by atoms with Gasteiger partial charge in [-0.1, -0.05) is 11.6 Å². The molecule has 1 fully saturated rings. The predicted molar refractivity (Wildman–Crippen MR) is 67.5 cm³/mol. The molecule has 1 atom stereocenters. The van der Waals surface area contributed by atoms with Gasteiger partial charge in [0.2, 0.25) is 5.28 Å². The van der Waals surface area contributed by atoms with Gasteiger partial charge in [-0.15, -0.1) is 0 Å². The van der Waals surface area contributed by atoms with Crippen LogP contribution in [0.15, 0.2) is 6.20 Å². The standard InChI is InChI=1S/C9H11Cl2N3O2S/c1-6-5-17(15,16)3-2-14(6)8-7(10)4-12-9(11)13-8/h4,6H,2-3,5H2,1H3. The van der Waals surface area contributed by atoms with Crippen molar-refractivity contribution >= 4 is 38.9 Å². The van der Waals surface area contributed by atoms with Crippen molar-refractivity contribution < 1.29 is 8.42 Å². The first kappa shape index (κ1) is 12.9. The van der Waals surface area contributed by atoms with Gasteiger partial charge in [0.25, 0.3) is 0 Å². The number of hydrogen-bond donors (Lipinski definition) is 0. The second-order valence-electron chi connectivity index (χ2n) is 3.97. The van der Waals surface area contributed by atoms with Crippen LogP contribution in [-0.4, -0.2) is 42.5 Å². The topological polar surface area (TPSA) is 63.2 Å². The molecule has 0 saturated carbocycles. The Hall–Kier alpha value is -0.590. The zero-order chi connectivity index (χ0) is 12.6. The van der Waals surface area contributed by atoms with E-state index in [0.717, 1.165) is 0 Å². The van der Waals surface area contributed by atoms with Crippen LogP contribution in [0.1, 0.15) is 6.92 Å². The Kier molecular flexibility index (Phi) is 3.47. The molecule has 2 rings (SSSR count). The van der Waals surface area contributed by atoms with Crippen LogP contribution in [0.2, 0.25) is 10.3 Å². The van der Waals surface area contributed by atoms with Crippen molar-refractivity contribution in [2.24, 2.45) is 0 Å². The Morgan fingerprint density at radius 2 is 2.18 bits per heavy atom. The number of aromatic nitrogens is 2. The van der Waals surface area contributed by atoms with E-state index in [1.807, 2.05) is 11.8 Å². The van der Waals surface area contributed by atoms with Crippen molar-refractivity contribution in [2.75, 3.05) is 23.0 Å².